The summed E-state index contributed by atoms with van der Waals surface area (Å²) in [4.78, 5) is 64.4. The number of nitrogens with one attached hydrogen (secondary N) is 4. The van der Waals surface area contributed by atoms with E-state index in [-0.39, 0.29) is 19.3 Å². The summed E-state index contributed by atoms with van der Waals surface area (Å²) in [6, 6.07) is 2.73. The fourth-order valence-electron chi connectivity index (χ4n) is 3.87. The summed E-state index contributed by atoms with van der Waals surface area (Å²) in [6.45, 7) is 1.76. The van der Waals surface area contributed by atoms with Gasteiger partial charge in [-0.1, -0.05) is 18.2 Å². The number of carboxylic acid groups (broad SMARTS) is 2. The molecule has 0 radical (unpaired) electrons. The van der Waals surface area contributed by atoms with Crippen molar-refractivity contribution in [1.82, 2.24) is 20.9 Å². The summed E-state index contributed by atoms with van der Waals surface area (Å²) in [5.74, 6) is -4.59. The van der Waals surface area contributed by atoms with E-state index in [0.717, 1.165) is 10.9 Å². The van der Waals surface area contributed by atoms with E-state index < -0.39 is 60.2 Å². The first-order valence-corrected chi connectivity index (χ1v) is 12.4. The van der Waals surface area contributed by atoms with Crippen LogP contribution < -0.4 is 27.4 Å². The molecule has 3 amide bonds. The van der Waals surface area contributed by atoms with Crippen molar-refractivity contribution in [3.63, 3.8) is 0 Å². The Kier molecular flexibility index (Phi) is 11.7. The van der Waals surface area contributed by atoms with Gasteiger partial charge in [0.2, 0.25) is 17.7 Å². The van der Waals surface area contributed by atoms with Gasteiger partial charge in [-0.3, -0.25) is 19.2 Å². The van der Waals surface area contributed by atoms with Gasteiger partial charge in [0.15, 0.2) is 0 Å². The van der Waals surface area contributed by atoms with Gasteiger partial charge < -0.3 is 42.6 Å². The lowest BCUT2D eigenvalue weighted by Crippen LogP contribution is -2.57. The summed E-state index contributed by atoms with van der Waals surface area (Å²) in [7, 11) is 0. The second kappa shape index (κ2) is 14.7. The van der Waals surface area contributed by atoms with Gasteiger partial charge in [0.25, 0.3) is 0 Å². The van der Waals surface area contributed by atoms with Crippen LogP contribution in [0.3, 0.4) is 0 Å². The maximum absolute atomic E-state index is 13.2. The molecule has 0 saturated carbocycles. The van der Waals surface area contributed by atoms with Crippen LogP contribution in [0, 0.1) is 0 Å². The average molecular weight is 533 g/mol. The number of benzene rings is 1. The molecule has 208 valence electrons. The van der Waals surface area contributed by atoms with Crippen LogP contribution in [0.4, 0.5) is 0 Å². The third-order valence-electron chi connectivity index (χ3n) is 5.99. The number of hydrogen-bond acceptors (Lipinski definition) is 7. The molecule has 0 saturated heterocycles. The van der Waals surface area contributed by atoms with Crippen molar-refractivity contribution in [3.05, 3.63) is 36.0 Å². The predicted octanol–water partition coefficient (Wildman–Crippen LogP) is -0.410. The highest BCUT2D eigenvalue weighted by Crippen LogP contribution is 2.19. The van der Waals surface area contributed by atoms with Crippen molar-refractivity contribution >= 4 is 40.6 Å². The highest BCUT2D eigenvalue weighted by molar-refractivity contribution is 5.94. The fraction of sp³-hybridized carbons (Fsp3) is 0.480. The Balaban J connectivity index is 2.18. The van der Waals surface area contributed by atoms with Crippen molar-refractivity contribution in [1.29, 1.82) is 0 Å². The Morgan fingerprint density at radius 2 is 1.50 bits per heavy atom. The first kappa shape index (κ1) is 30.3. The molecule has 1 heterocycles. The molecular weight excluding hydrogens is 496 g/mol. The number of rotatable bonds is 16. The molecule has 4 unspecified atom stereocenters. The number of aromatic nitrogens is 1. The normalized spacial score (nSPS) is 14.2. The smallest absolute Gasteiger partial charge is 0.326 e. The van der Waals surface area contributed by atoms with Crippen molar-refractivity contribution in [3.8, 4) is 0 Å². The van der Waals surface area contributed by atoms with E-state index in [4.69, 9.17) is 16.6 Å². The zero-order valence-corrected chi connectivity index (χ0v) is 21.2. The van der Waals surface area contributed by atoms with E-state index in [1.54, 1.807) is 6.20 Å². The molecule has 0 aliphatic carbocycles. The molecule has 1 aromatic heterocycles. The highest BCUT2D eigenvalue weighted by Gasteiger charge is 2.30. The maximum Gasteiger partial charge on any atom is 0.326 e. The van der Waals surface area contributed by atoms with Crippen molar-refractivity contribution in [2.24, 2.45) is 11.5 Å². The number of unbranched alkanes of at least 4 members (excludes halogenated alkanes) is 1. The van der Waals surface area contributed by atoms with Crippen molar-refractivity contribution in [2.75, 3.05) is 6.54 Å². The zero-order valence-electron chi connectivity index (χ0n) is 21.2. The van der Waals surface area contributed by atoms with E-state index in [1.807, 2.05) is 24.3 Å². The molecule has 2 aromatic rings. The Bertz CT molecular complexity index is 1130. The monoisotopic (exact) mass is 532 g/mol. The number of fused-ring (bicyclic) bond motifs is 1. The summed E-state index contributed by atoms with van der Waals surface area (Å²) < 4.78 is 0. The van der Waals surface area contributed by atoms with Crippen LogP contribution in [-0.4, -0.2) is 75.6 Å². The lowest BCUT2D eigenvalue weighted by Gasteiger charge is -2.25. The minimum Gasteiger partial charge on any atom is -0.481 e. The van der Waals surface area contributed by atoms with Gasteiger partial charge in [0.1, 0.15) is 18.1 Å². The van der Waals surface area contributed by atoms with Crippen LogP contribution >= 0.6 is 0 Å². The number of aromatic amines is 1. The highest BCUT2D eigenvalue weighted by atomic mass is 16.4. The molecule has 13 nitrogen and oxygen atoms in total. The second-order valence-electron chi connectivity index (χ2n) is 9.09. The standard InChI is InChI=1S/C25H36N6O7/c1-14(27)22(34)29-19(9-10-21(32)33)24(36)30-18(8-4-5-11-26)23(35)31-20(25(37)38)12-15-13-28-17-7-3-2-6-16(15)17/h2-3,6-7,13-14,18-20,28H,4-5,8-12,26-27H2,1H3,(H,29,34)(H,30,36)(H,31,35)(H,32,33)(H,37,38). The Labute approximate surface area is 219 Å². The molecule has 4 atom stereocenters. The molecule has 38 heavy (non-hydrogen) atoms. The number of carbonyl (C=O) groups excluding carboxylic acids is 3. The first-order valence-electron chi connectivity index (χ1n) is 12.4. The lowest BCUT2D eigenvalue weighted by molar-refractivity contribution is -0.142. The third kappa shape index (κ3) is 9.16. The summed E-state index contributed by atoms with van der Waals surface area (Å²) in [6.07, 6.45) is 2.22. The summed E-state index contributed by atoms with van der Waals surface area (Å²) >= 11 is 0. The number of aliphatic carboxylic acids is 2. The molecule has 0 fully saturated rings. The van der Waals surface area contributed by atoms with E-state index >= 15 is 0 Å². The van der Waals surface area contributed by atoms with Gasteiger partial charge in [-0.2, -0.15) is 0 Å². The minimum absolute atomic E-state index is 0.000234. The molecule has 2 rings (SSSR count). The maximum atomic E-state index is 13.2. The van der Waals surface area contributed by atoms with Gasteiger partial charge in [-0.25, -0.2) is 4.79 Å². The zero-order chi connectivity index (χ0) is 28.2. The Morgan fingerprint density at radius 1 is 0.895 bits per heavy atom. The molecule has 10 N–H and O–H groups in total. The molecule has 0 aliphatic rings. The predicted molar refractivity (Wildman–Crippen MR) is 139 cm³/mol. The van der Waals surface area contributed by atoms with E-state index in [1.165, 1.54) is 6.92 Å². The van der Waals surface area contributed by atoms with Crippen LogP contribution in [0.5, 0.6) is 0 Å². The minimum atomic E-state index is -1.28. The molecule has 0 aliphatic heterocycles. The molecule has 0 spiro atoms. The van der Waals surface area contributed by atoms with E-state index in [9.17, 15) is 29.1 Å². The van der Waals surface area contributed by atoms with Crippen molar-refractivity contribution < 1.29 is 34.2 Å². The largest absolute Gasteiger partial charge is 0.481 e. The van der Waals surface area contributed by atoms with Gasteiger partial charge >= 0.3 is 11.9 Å². The topological polar surface area (TPSA) is 230 Å². The van der Waals surface area contributed by atoms with Crippen LogP contribution in [-0.2, 0) is 30.4 Å². The molecule has 0 bridgehead atoms. The molecular formula is C25H36N6O7. The van der Waals surface area contributed by atoms with E-state index in [0.29, 0.717) is 24.9 Å². The Hall–Kier alpha value is -3.97. The SMILES string of the molecule is CC(N)C(=O)NC(CCC(=O)O)C(=O)NC(CCCCN)C(=O)NC(Cc1c[nH]c2ccccc12)C(=O)O. The number of amides is 3. The average Bonchev–Trinajstić information content (AvgIpc) is 3.27. The van der Waals surface area contributed by atoms with Gasteiger partial charge in [0.05, 0.1) is 6.04 Å². The van der Waals surface area contributed by atoms with Gasteiger partial charge in [-0.15, -0.1) is 0 Å². The molecule has 13 heteroatoms. The van der Waals surface area contributed by atoms with E-state index in [2.05, 4.69) is 20.9 Å². The number of para-hydroxylation sites is 1. The number of hydrogen-bond donors (Lipinski definition) is 8. The lowest BCUT2D eigenvalue weighted by atomic mass is 10.0. The van der Waals surface area contributed by atoms with Crippen LogP contribution in [0.15, 0.2) is 30.5 Å². The fourth-order valence-corrected chi connectivity index (χ4v) is 3.87. The number of carbonyl (C=O) groups is 5. The third-order valence-corrected chi connectivity index (χ3v) is 5.99. The number of H-pyrrole nitrogens is 1. The summed E-state index contributed by atoms with van der Waals surface area (Å²) in [5, 5.41) is 27.1. The quantitative estimate of drug-likeness (QED) is 0.131. The first-order chi connectivity index (χ1) is 18.0. The van der Waals surface area contributed by atoms with Crippen LogP contribution in [0.2, 0.25) is 0 Å². The van der Waals surface area contributed by atoms with Gasteiger partial charge in [0, 0.05) is 29.9 Å². The van der Waals surface area contributed by atoms with Gasteiger partial charge in [-0.05, 0) is 50.8 Å². The van der Waals surface area contributed by atoms with Crippen LogP contribution in [0.1, 0.15) is 44.6 Å². The number of carboxylic acids is 2. The summed E-state index contributed by atoms with van der Waals surface area (Å²) in [5.41, 5.74) is 12.6. The second-order valence-corrected chi connectivity index (χ2v) is 9.09. The Morgan fingerprint density at radius 3 is 2.11 bits per heavy atom. The van der Waals surface area contributed by atoms with Crippen LogP contribution in [0.25, 0.3) is 10.9 Å². The molecule has 1 aromatic carbocycles. The number of nitrogens with two attached hydrogens (primary N) is 2. The van der Waals surface area contributed by atoms with Crippen molar-refractivity contribution in [2.45, 2.75) is 69.6 Å².